The minimum absolute atomic E-state index is 0.0180. The normalized spacial score (nSPS) is 17.1. The van der Waals surface area contributed by atoms with E-state index in [-0.39, 0.29) is 6.04 Å². The van der Waals surface area contributed by atoms with Gasteiger partial charge in [-0.15, -0.1) is 0 Å². The topological polar surface area (TPSA) is 40.7 Å². The van der Waals surface area contributed by atoms with Gasteiger partial charge in [-0.05, 0) is 24.1 Å². The summed E-state index contributed by atoms with van der Waals surface area (Å²) in [5.74, 6) is 0. The molecule has 0 bridgehead atoms. The molecule has 0 amide bonds. The van der Waals surface area contributed by atoms with Crippen molar-refractivity contribution < 1.29 is 13.2 Å². The first-order chi connectivity index (χ1) is 12.5. The van der Waals surface area contributed by atoms with E-state index in [9.17, 15) is 13.2 Å². The Morgan fingerprint density at radius 3 is 2.62 bits per heavy atom. The van der Waals surface area contributed by atoms with Crippen molar-refractivity contribution in [3.05, 3.63) is 77.0 Å². The van der Waals surface area contributed by atoms with Gasteiger partial charge in [-0.2, -0.15) is 18.3 Å². The van der Waals surface area contributed by atoms with Crippen molar-refractivity contribution >= 4 is 0 Å². The molecule has 6 heteroatoms. The fourth-order valence-corrected chi connectivity index (χ4v) is 3.51. The van der Waals surface area contributed by atoms with Crippen molar-refractivity contribution in [1.29, 1.82) is 0 Å². The molecule has 0 spiro atoms. The second kappa shape index (κ2) is 6.61. The van der Waals surface area contributed by atoms with Crippen molar-refractivity contribution in [1.82, 2.24) is 15.5 Å². The number of rotatable bonds is 3. The number of fused-ring (bicyclic) bond motifs is 1. The number of alkyl halides is 3. The van der Waals surface area contributed by atoms with Crippen LogP contribution in [0.15, 0.2) is 54.6 Å². The van der Waals surface area contributed by atoms with Crippen LogP contribution in [0.4, 0.5) is 13.2 Å². The maximum atomic E-state index is 13.1. The Morgan fingerprint density at radius 1 is 1.04 bits per heavy atom. The van der Waals surface area contributed by atoms with E-state index < -0.39 is 11.7 Å². The van der Waals surface area contributed by atoms with Gasteiger partial charge < -0.3 is 5.32 Å². The lowest BCUT2D eigenvalue weighted by atomic mass is 9.91. The predicted octanol–water partition coefficient (Wildman–Crippen LogP) is 4.53. The van der Waals surface area contributed by atoms with Crippen LogP contribution in [0.3, 0.4) is 0 Å². The molecule has 3 nitrogen and oxygen atoms in total. The highest BCUT2D eigenvalue weighted by Crippen LogP contribution is 2.36. The van der Waals surface area contributed by atoms with Gasteiger partial charge in [0.1, 0.15) is 0 Å². The molecular formula is C20H18F3N3. The van der Waals surface area contributed by atoms with E-state index in [0.29, 0.717) is 11.3 Å². The molecule has 1 aromatic heterocycles. The molecule has 2 heterocycles. The number of aromatic amines is 1. The highest BCUT2D eigenvalue weighted by molar-refractivity contribution is 5.66. The molecule has 0 aliphatic carbocycles. The van der Waals surface area contributed by atoms with Crippen LogP contribution in [0.25, 0.3) is 11.3 Å². The van der Waals surface area contributed by atoms with Crippen LogP contribution in [-0.2, 0) is 19.0 Å². The molecule has 2 aromatic carbocycles. The summed E-state index contributed by atoms with van der Waals surface area (Å²) in [6.45, 7) is 0.814. The number of H-pyrrole nitrogens is 1. The average molecular weight is 357 g/mol. The van der Waals surface area contributed by atoms with Crippen LogP contribution in [0.5, 0.6) is 0 Å². The maximum Gasteiger partial charge on any atom is 0.416 e. The first-order valence-electron chi connectivity index (χ1n) is 8.54. The van der Waals surface area contributed by atoms with E-state index in [1.807, 2.05) is 18.2 Å². The maximum absolute atomic E-state index is 13.1. The van der Waals surface area contributed by atoms with E-state index in [4.69, 9.17) is 0 Å². The number of nitrogens with one attached hydrogen (secondary N) is 2. The number of aromatic nitrogens is 2. The van der Waals surface area contributed by atoms with Crippen LogP contribution in [-0.4, -0.2) is 16.7 Å². The minimum atomic E-state index is -4.37. The van der Waals surface area contributed by atoms with Crippen LogP contribution < -0.4 is 5.32 Å². The van der Waals surface area contributed by atoms with Crippen LogP contribution in [0.1, 0.15) is 28.4 Å². The van der Waals surface area contributed by atoms with E-state index >= 15 is 0 Å². The number of hydrogen-bond donors (Lipinski definition) is 2. The second-order valence-electron chi connectivity index (χ2n) is 6.49. The summed E-state index contributed by atoms with van der Waals surface area (Å²) in [4.78, 5) is 0. The number of hydrogen-bond acceptors (Lipinski definition) is 2. The molecule has 0 fully saturated rings. The molecule has 1 aliphatic heterocycles. The van der Waals surface area contributed by atoms with Gasteiger partial charge in [-0.1, -0.05) is 42.5 Å². The quantitative estimate of drug-likeness (QED) is 0.723. The standard InChI is InChI=1S/C20H18F3N3/c21-20(22,23)15-8-4-7-14(12-15)19-18-16(25-26-19)9-10-24-17(18)11-13-5-2-1-3-6-13/h1-8,12,17,24H,9-11H2,(H,25,26). The summed E-state index contributed by atoms with van der Waals surface area (Å²) >= 11 is 0. The summed E-state index contributed by atoms with van der Waals surface area (Å²) in [5, 5.41) is 10.9. The molecule has 1 unspecified atom stereocenters. The highest BCUT2D eigenvalue weighted by Gasteiger charge is 2.32. The number of benzene rings is 2. The number of halogens is 3. The predicted molar refractivity (Wildman–Crippen MR) is 93.6 cm³/mol. The van der Waals surface area contributed by atoms with Gasteiger partial charge in [-0.3, -0.25) is 5.10 Å². The zero-order valence-electron chi connectivity index (χ0n) is 14.0. The fourth-order valence-electron chi connectivity index (χ4n) is 3.51. The van der Waals surface area contributed by atoms with E-state index in [1.165, 1.54) is 17.7 Å². The Bertz CT molecular complexity index is 900. The smallest absolute Gasteiger partial charge is 0.309 e. The SMILES string of the molecule is FC(F)(F)c1cccc(-c2n[nH]c3c2C(Cc2ccccc2)NCC3)c1. The van der Waals surface area contributed by atoms with Gasteiger partial charge in [0, 0.05) is 35.8 Å². The summed E-state index contributed by atoms with van der Waals surface area (Å²) in [5.41, 5.74) is 3.57. The van der Waals surface area contributed by atoms with Crippen molar-refractivity contribution in [2.24, 2.45) is 0 Å². The molecule has 26 heavy (non-hydrogen) atoms. The van der Waals surface area contributed by atoms with Crippen LogP contribution >= 0.6 is 0 Å². The van der Waals surface area contributed by atoms with Gasteiger partial charge in [0.25, 0.3) is 0 Å². The largest absolute Gasteiger partial charge is 0.416 e. The van der Waals surface area contributed by atoms with Gasteiger partial charge >= 0.3 is 6.18 Å². The fraction of sp³-hybridized carbons (Fsp3) is 0.250. The summed E-state index contributed by atoms with van der Waals surface area (Å²) in [6, 6.07) is 15.4. The van der Waals surface area contributed by atoms with Crippen molar-refractivity contribution in [3.63, 3.8) is 0 Å². The molecule has 1 atom stereocenters. The zero-order chi connectivity index (χ0) is 18.1. The van der Waals surface area contributed by atoms with Crippen molar-refractivity contribution in [2.75, 3.05) is 6.54 Å². The Morgan fingerprint density at radius 2 is 1.85 bits per heavy atom. The van der Waals surface area contributed by atoms with Gasteiger partial charge in [0.05, 0.1) is 11.3 Å². The summed E-state index contributed by atoms with van der Waals surface area (Å²) in [6.07, 6.45) is -2.82. The highest BCUT2D eigenvalue weighted by atomic mass is 19.4. The Hall–Kier alpha value is -2.60. The average Bonchev–Trinajstić information content (AvgIpc) is 3.07. The lowest BCUT2D eigenvalue weighted by Gasteiger charge is -2.25. The van der Waals surface area contributed by atoms with Gasteiger partial charge in [0.2, 0.25) is 0 Å². The van der Waals surface area contributed by atoms with E-state index in [0.717, 1.165) is 36.7 Å². The van der Waals surface area contributed by atoms with Gasteiger partial charge in [-0.25, -0.2) is 0 Å². The monoisotopic (exact) mass is 357 g/mol. The third-order valence-electron chi connectivity index (χ3n) is 4.74. The van der Waals surface area contributed by atoms with Crippen LogP contribution in [0.2, 0.25) is 0 Å². The van der Waals surface area contributed by atoms with Crippen LogP contribution in [0, 0.1) is 0 Å². The Labute approximate surface area is 149 Å². The Kier molecular flexibility index (Phi) is 4.28. The molecule has 0 radical (unpaired) electrons. The third kappa shape index (κ3) is 3.24. The lowest BCUT2D eigenvalue weighted by molar-refractivity contribution is -0.137. The molecule has 0 saturated carbocycles. The van der Waals surface area contributed by atoms with E-state index in [2.05, 4.69) is 27.6 Å². The van der Waals surface area contributed by atoms with E-state index in [1.54, 1.807) is 6.07 Å². The van der Waals surface area contributed by atoms with Gasteiger partial charge in [0.15, 0.2) is 0 Å². The minimum Gasteiger partial charge on any atom is -0.309 e. The molecule has 0 saturated heterocycles. The molecule has 3 aromatic rings. The first-order valence-corrected chi connectivity index (χ1v) is 8.54. The summed E-state index contributed by atoms with van der Waals surface area (Å²) in [7, 11) is 0. The lowest BCUT2D eigenvalue weighted by Crippen LogP contribution is -2.31. The molecule has 1 aliphatic rings. The zero-order valence-corrected chi connectivity index (χ0v) is 14.0. The first kappa shape index (κ1) is 16.8. The molecule has 134 valence electrons. The second-order valence-corrected chi connectivity index (χ2v) is 6.49. The molecule has 2 N–H and O–H groups in total. The van der Waals surface area contributed by atoms with Crippen molar-refractivity contribution in [3.8, 4) is 11.3 Å². The molecule has 4 rings (SSSR count). The summed E-state index contributed by atoms with van der Waals surface area (Å²) < 4.78 is 39.2. The Balaban J connectivity index is 1.73. The van der Waals surface area contributed by atoms with Crippen molar-refractivity contribution in [2.45, 2.75) is 25.1 Å². The molecular weight excluding hydrogens is 339 g/mol. The third-order valence-corrected chi connectivity index (χ3v) is 4.74. The number of nitrogens with zero attached hydrogens (tertiary/aromatic N) is 1.